The van der Waals surface area contributed by atoms with Gasteiger partial charge in [-0.3, -0.25) is 0 Å². The first-order valence-corrected chi connectivity index (χ1v) is 10.1. The van der Waals surface area contributed by atoms with Gasteiger partial charge in [0.05, 0.1) is 14.2 Å². The molecule has 0 radical (unpaired) electrons. The molecule has 4 rings (SSSR count). The van der Waals surface area contributed by atoms with Crippen molar-refractivity contribution < 1.29 is 24.4 Å². The van der Waals surface area contributed by atoms with Crippen LogP contribution in [0.3, 0.4) is 0 Å². The Hall–Kier alpha value is -4.12. The van der Waals surface area contributed by atoms with Gasteiger partial charge in [0.1, 0.15) is 23.9 Å². The van der Waals surface area contributed by atoms with E-state index in [0.717, 1.165) is 27.8 Å². The summed E-state index contributed by atoms with van der Waals surface area (Å²) in [6.45, 7) is 0.367. The van der Waals surface area contributed by atoms with Crippen molar-refractivity contribution in [2.24, 2.45) is 0 Å². The Morgan fingerprint density at radius 3 is 1.81 bits per heavy atom. The van der Waals surface area contributed by atoms with Crippen LogP contribution in [-0.2, 0) is 6.61 Å². The molecule has 162 valence electrons. The molecule has 4 aromatic rings. The van der Waals surface area contributed by atoms with Crippen LogP contribution in [0.25, 0.3) is 22.3 Å². The van der Waals surface area contributed by atoms with Gasteiger partial charge in [-0.1, -0.05) is 48.5 Å². The molecule has 5 nitrogen and oxygen atoms in total. The van der Waals surface area contributed by atoms with Gasteiger partial charge in [-0.25, -0.2) is 0 Å². The first-order valence-electron chi connectivity index (χ1n) is 10.1. The summed E-state index contributed by atoms with van der Waals surface area (Å²) in [5.41, 5.74) is 4.28. The molecule has 0 saturated carbocycles. The van der Waals surface area contributed by atoms with Crippen molar-refractivity contribution in [3.63, 3.8) is 0 Å². The molecule has 5 heteroatoms. The van der Waals surface area contributed by atoms with Gasteiger partial charge in [0.2, 0.25) is 0 Å². The highest BCUT2D eigenvalue weighted by Crippen LogP contribution is 2.42. The second-order valence-corrected chi connectivity index (χ2v) is 7.26. The molecule has 0 fully saturated rings. The van der Waals surface area contributed by atoms with Crippen molar-refractivity contribution in [3.05, 3.63) is 90.5 Å². The average molecular weight is 428 g/mol. The number of benzene rings is 4. The van der Waals surface area contributed by atoms with Crippen LogP contribution in [0.4, 0.5) is 0 Å². The zero-order valence-corrected chi connectivity index (χ0v) is 17.9. The van der Waals surface area contributed by atoms with E-state index in [2.05, 4.69) is 0 Å². The number of phenolic OH excluding ortho intramolecular Hbond substituents is 2. The van der Waals surface area contributed by atoms with Gasteiger partial charge in [-0.2, -0.15) is 0 Å². The molecule has 0 aromatic heterocycles. The van der Waals surface area contributed by atoms with E-state index >= 15 is 0 Å². The quantitative estimate of drug-likeness (QED) is 0.376. The van der Waals surface area contributed by atoms with Crippen LogP contribution in [0.15, 0.2) is 84.9 Å². The van der Waals surface area contributed by atoms with Gasteiger partial charge in [0.25, 0.3) is 0 Å². The lowest BCUT2D eigenvalue weighted by Crippen LogP contribution is -1.96. The molecule has 0 atom stereocenters. The third-order valence-corrected chi connectivity index (χ3v) is 5.21. The zero-order chi connectivity index (χ0) is 22.5. The summed E-state index contributed by atoms with van der Waals surface area (Å²) >= 11 is 0. The fourth-order valence-electron chi connectivity index (χ4n) is 3.53. The summed E-state index contributed by atoms with van der Waals surface area (Å²) in [5.74, 6) is 1.93. The number of hydrogen-bond acceptors (Lipinski definition) is 5. The molecule has 0 amide bonds. The van der Waals surface area contributed by atoms with E-state index in [0.29, 0.717) is 23.9 Å². The van der Waals surface area contributed by atoms with Crippen LogP contribution in [0, 0.1) is 0 Å². The molecular formula is C27H24O5. The predicted molar refractivity (Wildman–Crippen MR) is 125 cm³/mol. The van der Waals surface area contributed by atoms with Gasteiger partial charge >= 0.3 is 0 Å². The van der Waals surface area contributed by atoms with Crippen LogP contribution >= 0.6 is 0 Å². The van der Waals surface area contributed by atoms with E-state index in [1.807, 2.05) is 60.7 Å². The Kier molecular flexibility index (Phi) is 6.17. The summed E-state index contributed by atoms with van der Waals surface area (Å²) < 4.78 is 17.0. The van der Waals surface area contributed by atoms with Crippen LogP contribution in [-0.4, -0.2) is 24.4 Å². The average Bonchev–Trinajstić information content (AvgIpc) is 2.83. The minimum absolute atomic E-state index is 0.0436. The minimum atomic E-state index is 0.0436. The smallest absolute Gasteiger partial charge is 0.161 e. The van der Waals surface area contributed by atoms with Crippen LogP contribution < -0.4 is 14.2 Å². The molecule has 0 unspecified atom stereocenters. The normalized spacial score (nSPS) is 10.6. The highest BCUT2D eigenvalue weighted by atomic mass is 16.5. The Bertz CT molecular complexity index is 1200. The van der Waals surface area contributed by atoms with Crippen molar-refractivity contribution in [2.75, 3.05) is 14.2 Å². The Labute approximate surface area is 187 Å². The second-order valence-electron chi connectivity index (χ2n) is 7.26. The lowest BCUT2D eigenvalue weighted by molar-refractivity contribution is 0.289. The van der Waals surface area contributed by atoms with Gasteiger partial charge < -0.3 is 24.4 Å². The molecule has 0 heterocycles. The van der Waals surface area contributed by atoms with Gasteiger partial charge in [-0.05, 0) is 53.1 Å². The lowest BCUT2D eigenvalue weighted by atomic mass is 9.97. The standard InChI is InChI=1S/C27H24O5/c1-30-26-16-23(27(31-2)15-22(26)19-8-11-21(28)12-9-19)20-10-13-25(24(29)14-20)32-17-18-6-4-3-5-7-18/h3-16,28-29H,17H2,1-2H3. The monoisotopic (exact) mass is 428 g/mol. The molecule has 32 heavy (non-hydrogen) atoms. The van der Waals surface area contributed by atoms with Gasteiger partial charge in [0.15, 0.2) is 11.5 Å². The second kappa shape index (κ2) is 9.35. The third kappa shape index (κ3) is 4.47. The molecule has 0 aliphatic heterocycles. The van der Waals surface area contributed by atoms with Crippen molar-refractivity contribution in [1.29, 1.82) is 0 Å². The number of methoxy groups -OCH3 is 2. The molecule has 2 N–H and O–H groups in total. The van der Waals surface area contributed by atoms with Crippen LogP contribution in [0.1, 0.15) is 5.56 Å². The highest BCUT2D eigenvalue weighted by molar-refractivity contribution is 5.82. The molecule has 0 saturated heterocycles. The van der Waals surface area contributed by atoms with E-state index in [1.165, 1.54) is 0 Å². The van der Waals surface area contributed by atoms with E-state index in [9.17, 15) is 10.2 Å². The van der Waals surface area contributed by atoms with Gasteiger partial charge in [-0.15, -0.1) is 0 Å². The van der Waals surface area contributed by atoms with Crippen molar-refractivity contribution in [1.82, 2.24) is 0 Å². The summed E-state index contributed by atoms with van der Waals surface area (Å²) in [4.78, 5) is 0. The maximum Gasteiger partial charge on any atom is 0.161 e. The first kappa shape index (κ1) is 21.1. The molecule has 0 bridgehead atoms. The summed E-state index contributed by atoms with van der Waals surface area (Å²) in [5, 5.41) is 20.1. The Balaban J connectivity index is 1.66. The maximum absolute atomic E-state index is 10.6. The summed E-state index contributed by atoms with van der Waals surface area (Å²) in [6, 6.07) is 25.7. The third-order valence-electron chi connectivity index (χ3n) is 5.21. The van der Waals surface area contributed by atoms with Crippen molar-refractivity contribution in [2.45, 2.75) is 6.61 Å². The lowest BCUT2D eigenvalue weighted by Gasteiger charge is -2.16. The summed E-state index contributed by atoms with van der Waals surface area (Å²) in [7, 11) is 3.20. The van der Waals surface area contributed by atoms with Crippen molar-refractivity contribution >= 4 is 0 Å². The van der Waals surface area contributed by atoms with E-state index in [1.54, 1.807) is 38.5 Å². The molecule has 0 aliphatic rings. The Morgan fingerprint density at radius 1 is 0.625 bits per heavy atom. The highest BCUT2D eigenvalue weighted by Gasteiger charge is 2.16. The fraction of sp³-hybridized carbons (Fsp3) is 0.111. The minimum Gasteiger partial charge on any atom is -0.508 e. The topological polar surface area (TPSA) is 68.2 Å². The van der Waals surface area contributed by atoms with Crippen molar-refractivity contribution in [3.8, 4) is 51.0 Å². The number of hydrogen-bond donors (Lipinski definition) is 2. The SMILES string of the molecule is COc1cc(-c2ccc(OCc3ccccc3)c(O)c2)c(OC)cc1-c1ccc(O)cc1. The predicted octanol–water partition coefficient (Wildman–Crippen LogP) is 6.03. The van der Waals surface area contributed by atoms with Crippen LogP contribution in [0.2, 0.25) is 0 Å². The number of aromatic hydroxyl groups is 2. The molecule has 0 spiro atoms. The van der Waals surface area contributed by atoms with E-state index in [4.69, 9.17) is 14.2 Å². The first-order chi connectivity index (χ1) is 15.6. The fourth-order valence-corrected chi connectivity index (χ4v) is 3.53. The molecule has 4 aromatic carbocycles. The molecule has 0 aliphatic carbocycles. The Morgan fingerprint density at radius 2 is 1.22 bits per heavy atom. The maximum atomic E-state index is 10.6. The largest absolute Gasteiger partial charge is 0.508 e. The molecular weight excluding hydrogens is 404 g/mol. The zero-order valence-electron chi connectivity index (χ0n) is 17.9. The summed E-state index contributed by atoms with van der Waals surface area (Å²) in [6.07, 6.45) is 0. The van der Waals surface area contributed by atoms with E-state index in [-0.39, 0.29) is 11.5 Å². The number of ether oxygens (including phenoxy) is 3. The van der Waals surface area contributed by atoms with Gasteiger partial charge in [0, 0.05) is 11.1 Å². The van der Waals surface area contributed by atoms with E-state index < -0.39 is 0 Å². The number of phenols is 2. The van der Waals surface area contributed by atoms with Crippen LogP contribution in [0.5, 0.6) is 28.7 Å². The number of rotatable bonds is 7.